The monoisotopic (exact) mass is 227 g/mol. The molecule has 1 saturated carbocycles. The third-order valence-corrected chi connectivity index (χ3v) is 3.12. The van der Waals surface area contributed by atoms with E-state index in [1.165, 1.54) is 6.20 Å². The van der Waals surface area contributed by atoms with Crippen LogP contribution >= 0.6 is 11.7 Å². The minimum absolute atomic E-state index is 0.132. The second-order valence-electron chi connectivity index (χ2n) is 3.72. The number of nitrogens with one attached hydrogen (secondary N) is 1. The molecule has 2 rings (SSSR count). The Morgan fingerprint density at radius 3 is 3.00 bits per heavy atom. The van der Waals surface area contributed by atoms with E-state index in [1.54, 1.807) is 0 Å². The van der Waals surface area contributed by atoms with Crippen molar-refractivity contribution in [2.45, 2.75) is 37.8 Å². The van der Waals surface area contributed by atoms with Gasteiger partial charge in [0.2, 0.25) is 0 Å². The number of hydrogen-bond donors (Lipinski definition) is 2. The number of carbonyl (C=O) groups is 1. The molecule has 0 bridgehead atoms. The fourth-order valence-electron chi connectivity index (χ4n) is 1.79. The molecule has 0 spiro atoms. The molecule has 1 aliphatic rings. The molecule has 2 atom stereocenters. The molecule has 5 nitrogen and oxygen atoms in total. The summed E-state index contributed by atoms with van der Waals surface area (Å²) in [6.45, 7) is 0. The van der Waals surface area contributed by atoms with Crippen molar-refractivity contribution in [3.63, 3.8) is 0 Å². The molecule has 1 aliphatic carbocycles. The Hall–Kier alpha value is -1.01. The number of nitrogens with zero attached hydrogens (tertiary/aromatic N) is 2. The zero-order chi connectivity index (χ0) is 10.7. The van der Waals surface area contributed by atoms with Crippen molar-refractivity contribution in [1.82, 2.24) is 14.1 Å². The zero-order valence-electron chi connectivity index (χ0n) is 8.22. The summed E-state index contributed by atoms with van der Waals surface area (Å²) in [5.41, 5.74) is 0.331. The van der Waals surface area contributed by atoms with E-state index in [9.17, 15) is 9.90 Å². The van der Waals surface area contributed by atoms with E-state index in [-0.39, 0.29) is 11.9 Å². The van der Waals surface area contributed by atoms with E-state index < -0.39 is 6.10 Å². The van der Waals surface area contributed by atoms with Gasteiger partial charge in [0.1, 0.15) is 0 Å². The maximum atomic E-state index is 11.6. The first-order chi connectivity index (χ1) is 7.27. The fraction of sp³-hybridized carbons (Fsp3) is 0.667. The third kappa shape index (κ3) is 2.51. The zero-order valence-corrected chi connectivity index (χ0v) is 9.04. The van der Waals surface area contributed by atoms with Crippen LogP contribution in [0.25, 0.3) is 0 Å². The Morgan fingerprint density at radius 1 is 1.53 bits per heavy atom. The Balaban J connectivity index is 1.93. The van der Waals surface area contributed by atoms with E-state index in [0.29, 0.717) is 5.69 Å². The fourth-order valence-corrected chi connectivity index (χ4v) is 2.20. The van der Waals surface area contributed by atoms with Crippen molar-refractivity contribution in [3.8, 4) is 0 Å². The normalized spacial score (nSPS) is 26.2. The molecule has 1 fully saturated rings. The lowest BCUT2D eigenvalue weighted by molar-refractivity contribution is 0.0714. The minimum atomic E-state index is -0.422. The molecular formula is C9H13N3O2S. The maximum Gasteiger partial charge on any atom is 0.272 e. The van der Waals surface area contributed by atoms with E-state index in [4.69, 9.17) is 0 Å². The van der Waals surface area contributed by atoms with Gasteiger partial charge in [-0.2, -0.15) is 8.75 Å². The molecule has 15 heavy (non-hydrogen) atoms. The van der Waals surface area contributed by atoms with Crippen LogP contribution < -0.4 is 5.32 Å². The van der Waals surface area contributed by atoms with Crippen molar-refractivity contribution in [2.75, 3.05) is 0 Å². The van der Waals surface area contributed by atoms with Gasteiger partial charge in [-0.25, -0.2) is 0 Å². The van der Waals surface area contributed by atoms with Crippen molar-refractivity contribution in [1.29, 1.82) is 0 Å². The van der Waals surface area contributed by atoms with Crippen LogP contribution in [-0.2, 0) is 0 Å². The van der Waals surface area contributed by atoms with Gasteiger partial charge in [0.05, 0.1) is 30.1 Å². The third-order valence-electron chi connectivity index (χ3n) is 2.64. The summed E-state index contributed by atoms with van der Waals surface area (Å²) < 4.78 is 7.61. The van der Waals surface area contributed by atoms with Gasteiger partial charge in [0.25, 0.3) is 5.91 Å². The van der Waals surface area contributed by atoms with Crippen LogP contribution in [0, 0.1) is 0 Å². The Labute approximate surface area is 91.8 Å². The number of rotatable bonds is 2. The average molecular weight is 227 g/mol. The van der Waals surface area contributed by atoms with Crippen LogP contribution in [0.3, 0.4) is 0 Å². The maximum absolute atomic E-state index is 11.6. The van der Waals surface area contributed by atoms with Crippen molar-refractivity contribution in [3.05, 3.63) is 11.9 Å². The first-order valence-electron chi connectivity index (χ1n) is 5.04. The number of amides is 1. The number of aliphatic hydroxyl groups excluding tert-OH is 1. The summed E-state index contributed by atoms with van der Waals surface area (Å²) in [7, 11) is 0. The van der Waals surface area contributed by atoms with Gasteiger partial charge in [0, 0.05) is 0 Å². The highest BCUT2D eigenvalue weighted by molar-refractivity contribution is 6.99. The molecule has 6 heteroatoms. The second-order valence-corrected chi connectivity index (χ2v) is 4.28. The Kier molecular flexibility index (Phi) is 3.27. The molecule has 0 aromatic carbocycles. The lowest BCUT2D eigenvalue weighted by atomic mass is 9.92. The van der Waals surface area contributed by atoms with Crippen LogP contribution in [0.1, 0.15) is 36.2 Å². The van der Waals surface area contributed by atoms with E-state index in [0.717, 1.165) is 37.4 Å². The summed E-state index contributed by atoms with van der Waals surface area (Å²) in [6, 6.07) is -0.132. The molecule has 2 N–H and O–H groups in total. The lowest BCUT2D eigenvalue weighted by Crippen LogP contribution is -2.45. The standard InChI is InChI=1S/C9H13N3O2S/c13-8-4-2-1-3-6(8)11-9(14)7-5-10-15-12-7/h5-6,8,13H,1-4H2,(H,11,14)/t6-,8-/m1/s1. The predicted molar refractivity (Wildman–Crippen MR) is 55.6 cm³/mol. The van der Waals surface area contributed by atoms with Gasteiger partial charge in [-0.15, -0.1) is 0 Å². The van der Waals surface area contributed by atoms with Gasteiger partial charge in [-0.1, -0.05) is 12.8 Å². The first-order valence-corrected chi connectivity index (χ1v) is 5.77. The summed E-state index contributed by atoms with van der Waals surface area (Å²) in [5, 5.41) is 12.5. The molecule has 0 unspecified atom stereocenters. The smallest absolute Gasteiger partial charge is 0.272 e. The van der Waals surface area contributed by atoms with Crippen LogP contribution in [0.4, 0.5) is 0 Å². The highest BCUT2D eigenvalue weighted by atomic mass is 32.1. The quantitative estimate of drug-likeness (QED) is 0.774. The lowest BCUT2D eigenvalue weighted by Gasteiger charge is -2.27. The van der Waals surface area contributed by atoms with Gasteiger partial charge in [0.15, 0.2) is 5.69 Å². The highest BCUT2D eigenvalue weighted by Crippen LogP contribution is 2.18. The van der Waals surface area contributed by atoms with Crippen LogP contribution in [0.15, 0.2) is 6.20 Å². The summed E-state index contributed by atoms with van der Waals surface area (Å²) in [4.78, 5) is 11.6. The number of carbonyl (C=O) groups excluding carboxylic acids is 1. The predicted octanol–water partition coefficient (Wildman–Crippen LogP) is 0.571. The second kappa shape index (κ2) is 4.67. The molecule has 82 valence electrons. The van der Waals surface area contributed by atoms with Crippen molar-refractivity contribution < 1.29 is 9.90 Å². The SMILES string of the molecule is O=C(N[C@@H]1CCCC[C@H]1O)c1cnsn1. The van der Waals surface area contributed by atoms with E-state index in [2.05, 4.69) is 14.1 Å². The largest absolute Gasteiger partial charge is 0.391 e. The van der Waals surface area contributed by atoms with Gasteiger partial charge >= 0.3 is 0 Å². The molecule has 1 heterocycles. The molecule has 0 saturated heterocycles. The van der Waals surface area contributed by atoms with Gasteiger partial charge in [-0.05, 0) is 12.8 Å². The number of hydrogen-bond acceptors (Lipinski definition) is 5. The number of aromatic nitrogens is 2. The average Bonchev–Trinajstić information content (AvgIpc) is 2.74. The highest BCUT2D eigenvalue weighted by Gasteiger charge is 2.25. The van der Waals surface area contributed by atoms with Crippen molar-refractivity contribution >= 4 is 17.6 Å². The molecule has 0 radical (unpaired) electrons. The first kappa shape index (κ1) is 10.5. The van der Waals surface area contributed by atoms with Crippen LogP contribution in [0.5, 0.6) is 0 Å². The van der Waals surface area contributed by atoms with Gasteiger partial charge < -0.3 is 10.4 Å². The summed E-state index contributed by atoms with van der Waals surface area (Å²) in [6.07, 6.45) is 4.71. The molecule has 1 aromatic heterocycles. The summed E-state index contributed by atoms with van der Waals surface area (Å²) >= 11 is 1.01. The molecular weight excluding hydrogens is 214 g/mol. The van der Waals surface area contributed by atoms with E-state index in [1.807, 2.05) is 0 Å². The van der Waals surface area contributed by atoms with Gasteiger partial charge in [-0.3, -0.25) is 4.79 Å². The molecule has 1 aromatic rings. The van der Waals surface area contributed by atoms with Crippen LogP contribution in [0.2, 0.25) is 0 Å². The van der Waals surface area contributed by atoms with Crippen molar-refractivity contribution in [2.24, 2.45) is 0 Å². The molecule has 1 amide bonds. The number of aliphatic hydroxyl groups is 1. The Bertz CT molecular complexity index is 328. The summed E-state index contributed by atoms with van der Waals surface area (Å²) in [5.74, 6) is -0.241. The van der Waals surface area contributed by atoms with Crippen LogP contribution in [-0.4, -0.2) is 31.9 Å². The van der Waals surface area contributed by atoms with E-state index >= 15 is 0 Å². The molecule has 0 aliphatic heterocycles. The topological polar surface area (TPSA) is 75.1 Å². The minimum Gasteiger partial charge on any atom is -0.391 e. The Morgan fingerprint density at radius 2 is 2.33 bits per heavy atom.